The van der Waals surface area contributed by atoms with Gasteiger partial charge in [-0.15, -0.1) is 0 Å². The molecule has 3 aromatic heterocycles. The molecule has 39 heavy (non-hydrogen) atoms. The van der Waals surface area contributed by atoms with Crippen LogP contribution in [0.4, 0.5) is 21.2 Å². The van der Waals surface area contributed by atoms with Crippen LogP contribution in [0.15, 0.2) is 79.1 Å². The number of aliphatic hydroxyl groups excluding tert-OH is 1. The average Bonchev–Trinajstić information content (AvgIpc) is 3.35. The third-order valence-corrected chi connectivity index (χ3v) is 7.70. The molecule has 6 rings (SSSR count). The SMILES string of the molecule is OC1CCC(Nc2cccc(Nc3nc4ccc(-c5cncc(OCc6cccc(F)c6)c5)cc4s3)n2)CC1. The van der Waals surface area contributed by atoms with Crippen LogP contribution in [0.2, 0.25) is 0 Å². The van der Waals surface area contributed by atoms with Gasteiger partial charge in [-0.2, -0.15) is 0 Å². The summed E-state index contributed by atoms with van der Waals surface area (Å²) in [5.74, 6) is 1.88. The minimum atomic E-state index is -0.282. The van der Waals surface area contributed by atoms with E-state index in [0.29, 0.717) is 11.8 Å². The van der Waals surface area contributed by atoms with E-state index in [4.69, 9.17) is 14.7 Å². The van der Waals surface area contributed by atoms with Crippen LogP contribution in [0.3, 0.4) is 0 Å². The number of hydrogen-bond donors (Lipinski definition) is 3. The van der Waals surface area contributed by atoms with Gasteiger partial charge >= 0.3 is 0 Å². The van der Waals surface area contributed by atoms with Crippen LogP contribution in [-0.2, 0) is 6.61 Å². The Morgan fingerprint density at radius 2 is 1.74 bits per heavy atom. The molecular weight excluding hydrogens is 513 g/mol. The molecule has 0 spiro atoms. The number of ether oxygens (including phenoxy) is 1. The monoisotopic (exact) mass is 541 g/mol. The lowest BCUT2D eigenvalue weighted by molar-refractivity contribution is 0.126. The van der Waals surface area contributed by atoms with Gasteiger partial charge < -0.3 is 20.5 Å². The van der Waals surface area contributed by atoms with E-state index in [1.54, 1.807) is 29.8 Å². The van der Waals surface area contributed by atoms with E-state index in [1.807, 2.05) is 42.5 Å². The molecule has 7 nitrogen and oxygen atoms in total. The number of halogens is 1. The Balaban J connectivity index is 1.14. The van der Waals surface area contributed by atoms with Gasteiger partial charge in [0.1, 0.15) is 29.8 Å². The van der Waals surface area contributed by atoms with E-state index < -0.39 is 0 Å². The summed E-state index contributed by atoms with van der Waals surface area (Å²) < 4.78 is 20.4. The minimum Gasteiger partial charge on any atom is -0.487 e. The van der Waals surface area contributed by atoms with Crippen LogP contribution in [0.25, 0.3) is 21.3 Å². The van der Waals surface area contributed by atoms with Crippen LogP contribution >= 0.6 is 11.3 Å². The zero-order valence-electron chi connectivity index (χ0n) is 21.2. The molecule has 0 saturated heterocycles. The number of benzene rings is 2. The molecule has 0 radical (unpaired) electrons. The van der Waals surface area contributed by atoms with Gasteiger partial charge in [-0.1, -0.05) is 35.6 Å². The second-order valence-corrected chi connectivity index (χ2v) is 10.7. The zero-order valence-corrected chi connectivity index (χ0v) is 22.0. The molecule has 3 heterocycles. The quantitative estimate of drug-likeness (QED) is 0.196. The zero-order chi connectivity index (χ0) is 26.6. The van der Waals surface area contributed by atoms with Gasteiger partial charge in [0.25, 0.3) is 0 Å². The van der Waals surface area contributed by atoms with Gasteiger partial charge in [0.05, 0.1) is 22.5 Å². The van der Waals surface area contributed by atoms with Crippen molar-refractivity contribution in [2.45, 2.75) is 44.4 Å². The standard InChI is InChI=1S/C30H28FN5O2S/c31-22-4-1-3-19(13-22)18-38-25-14-21(16-32-17-25)20-7-12-26-27(15-20)39-30(34-26)36-29-6-2-5-28(35-29)33-23-8-10-24(37)11-9-23/h1-7,12-17,23-24,37H,8-11,18H2,(H2,33,34,35,36). The fourth-order valence-corrected chi connectivity index (χ4v) is 5.64. The Morgan fingerprint density at radius 3 is 2.62 bits per heavy atom. The summed E-state index contributed by atoms with van der Waals surface area (Å²) in [5, 5.41) is 17.3. The highest BCUT2D eigenvalue weighted by molar-refractivity contribution is 7.22. The molecule has 2 aromatic carbocycles. The number of aromatic nitrogens is 3. The summed E-state index contributed by atoms with van der Waals surface area (Å²) in [4.78, 5) is 13.8. The number of fused-ring (bicyclic) bond motifs is 1. The maximum Gasteiger partial charge on any atom is 0.189 e. The van der Waals surface area contributed by atoms with Crippen molar-refractivity contribution in [1.29, 1.82) is 0 Å². The van der Waals surface area contributed by atoms with Crippen molar-refractivity contribution in [1.82, 2.24) is 15.0 Å². The van der Waals surface area contributed by atoms with Gasteiger partial charge in [-0.25, -0.2) is 14.4 Å². The summed E-state index contributed by atoms with van der Waals surface area (Å²) in [6.07, 6.45) is 6.81. The van der Waals surface area contributed by atoms with Crippen molar-refractivity contribution in [3.8, 4) is 16.9 Å². The van der Waals surface area contributed by atoms with Crippen molar-refractivity contribution in [3.63, 3.8) is 0 Å². The van der Waals surface area contributed by atoms with E-state index in [9.17, 15) is 9.50 Å². The highest BCUT2D eigenvalue weighted by atomic mass is 32.1. The lowest BCUT2D eigenvalue weighted by Gasteiger charge is -2.26. The molecule has 198 valence electrons. The molecule has 0 amide bonds. The first-order valence-corrected chi connectivity index (χ1v) is 13.8. The second kappa shape index (κ2) is 11.3. The van der Waals surface area contributed by atoms with Crippen molar-refractivity contribution < 1.29 is 14.2 Å². The third kappa shape index (κ3) is 6.32. The summed E-state index contributed by atoms with van der Waals surface area (Å²) in [7, 11) is 0. The van der Waals surface area contributed by atoms with Crippen molar-refractivity contribution in [3.05, 3.63) is 90.5 Å². The highest BCUT2D eigenvalue weighted by Gasteiger charge is 2.19. The highest BCUT2D eigenvalue weighted by Crippen LogP contribution is 2.33. The first-order chi connectivity index (χ1) is 19.1. The molecule has 9 heteroatoms. The van der Waals surface area contributed by atoms with Crippen LogP contribution in [0.1, 0.15) is 31.2 Å². The molecule has 1 fully saturated rings. The van der Waals surface area contributed by atoms with Crippen LogP contribution in [-0.4, -0.2) is 32.2 Å². The molecule has 1 aliphatic rings. The van der Waals surface area contributed by atoms with Gasteiger partial charge in [0, 0.05) is 17.8 Å². The van der Waals surface area contributed by atoms with E-state index in [-0.39, 0.29) is 18.5 Å². The average molecular weight is 542 g/mol. The fraction of sp³-hybridized carbons (Fsp3) is 0.233. The summed E-state index contributed by atoms with van der Waals surface area (Å²) in [6, 6.07) is 20.6. The van der Waals surface area contributed by atoms with Gasteiger partial charge in [-0.05, 0) is 79.3 Å². The normalized spacial score (nSPS) is 17.2. The smallest absolute Gasteiger partial charge is 0.189 e. The largest absolute Gasteiger partial charge is 0.487 e. The summed E-state index contributed by atoms with van der Waals surface area (Å²) in [6.45, 7) is 0.264. The molecule has 0 bridgehead atoms. The second-order valence-electron chi connectivity index (χ2n) is 9.71. The number of hydrogen-bond acceptors (Lipinski definition) is 8. The van der Waals surface area contributed by atoms with Crippen LogP contribution in [0, 0.1) is 5.82 Å². The third-order valence-electron chi connectivity index (χ3n) is 6.76. The maximum atomic E-state index is 13.5. The van der Waals surface area contributed by atoms with Gasteiger partial charge in [0.15, 0.2) is 5.13 Å². The molecular formula is C30H28FN5O2S. The fourth-order valence-electron chi connectivity index (χ4n) is 4.73. The minimum absolute atomic E-state index is 0.177. The Kier molecular flexibility index (Phi) is 7.33. The topological polar surface area (TPSA) is 92.2 Å². The number of pyridine rings is 2. The molecule has 1 aliphatic carbocycles. The lowest BCUT2D eigenvalue weighted by atomic mass is 9.93. The van der Waals surface area contributed by atoms with E-state index in [0.717, 1.165) is 69.4 Å². The maximum absolute atomic E-state index is 13.5. The molecule has 5 aromatic rings. The van der Waals surface area contributed by atoms with Gasteiger partial charge in [0.2, 0.25) is 0 Å². The van der Waals surface area contributed by atoms with Crippen molar-refractivity contribution >= 4 is 38.3 Å². The van der Waals surface area contributed by atoms with Crippen LogP contribution in [0.5, 0.6) is 5.75 Å². The van der Waals surface area contributed by atoms with E-state index in [1.165, 1.54) is 12.1 Å². The molecule has 3 N–H and O–H groups in total. The Bertz CT molecular complexity index is 1580. The number of aliphatic hydroxyl groups is 1. The van der Waals surface area contributed by atoms with E-state index >= 15 is 0 Å². The van der Waals surface area contributed by atoms with Crippen molar-refractivity contribution in [2.75, 3.05) is 10.6 Å². The number of nitrogens with zero attached hydrogens (tertiary/aromatic N) is 3. The van der Waals surface area contributed by atoms with Gasteiger partial charge in [-0.3, -0.25) is 4.98 Å². The molecule has 0 aliphatic heterocycles. The Labute approximate surface area is 229 Å². The number of anilines is 3. The van der Waals surface area contributed by atoms with E-state index in [2.05, 4.69) is 21.7 Å². The number of rotatable bonds is 8. The first-order valence-electron chi connectivity index (χ1n) is 13.0. The molecule has 0 atom stereocenters. The Morgan fingerprint density at radius 1 is 0.897 bits per heavy atom. The number of nitrogens with one attached hydrogen (secondary N) is 2. The predicted molar refractivity (Wildman–Crippen MR) is 153 cm³/mol. The summed E-state index contributed by atoms with van der Waals surface area (Å²) in [5.41, 5.74) is 3.58. The first kappa shape index (κ1) is 25.2. The van der Waals surface area contributed by atoms with Crippen LogP contribution < -0.4 is 15.4 Å². The Hall–Kier alpha value is -4.08. The lowest BCUT2D eigenvalue weighted by Crippen LogP contribution is -2.28. The molecule has 1 saturated carbocycles. The number of thiazole rings is 1. The summed E-state index contributed by atoms with van der Waals surface area (Å²) >= 11 is 1.56. The predicted octanol–water partition coefficient (Wildman–Crippen LogP) is 6.93. The van der Waals surface area contributed by atoms with Crippen molar-refractivity contribution in [2.24, 2.45) is 0 Å². The molecule has 0 unspecified atom stereocenters.